The molecule has 8 heteroatoms. The van der Waals surface area contributed by atoms with E-state index in [0.717, 1.165) is 4.90 Å². The number of hydrogen-bond donors (Lipinski definition) is 1. The van der Waals surface area contributed by atoms with Gasteiger partial charge in [0.1, 0.15) is 17.9 Å². The van der Waals surface area contributed by atoms with E-state index in [2.05, 4.69) is 0 Å². The highest BCUT2D eigenvalue weighted by atomic mass is 16.5. The largest absolute Gasteiger partial charge is 0.496 e. The van der Waals surface area contributed by atoms with Crippen LogP contribution in [-0.2, 0) is 17.9 Å². The van der Waals surface area contributed by atoms with E-state index in [1.165, 1.54) is 13.2 Å². The number of nitrogens with two attached hydrogens (primary N) is 1. The van der Waals surface area contributed by atoms with E-state index in [9.17, 15) is 19.2 Å². The Morgan fingerprint density at radius 2 is 1.58 bits per heavy atom. The molecule has 0 aliphatic carbocycles. The number of methoxy groups -OCH3 is 1. The van der Waals surface area contributed by atoms with Crippen LogP contribution >= 0.6 is 0 Å². The second-order valence-corrected chi connectivity index (χ2v) is 7.42. The first-order valence-electron chi connectivity index (χ1n) is 10.1. The van der Waals surface area contributed by atoms with Crippen LogP contribution in [-0.4, -0.2) is 35.7 Å². The van der Waals surface area contributed by atoms with E-state index in [1.54, 1.807) is 60.7 Å². The van der Waals surface area contributed by atoms with Gasteiger partial charge in [-0.3, -0.25) is 19.3 Å². The van der Waals surface area contributed by atoms with Crippen LogP contribution in [0.15, 0.2) is 66.7 Å². The van der Waals surface area contributed by atoms with Crippen LogP contribution in [0.3, 0.4) is 0 Å². The lowest BCUT2D eigenvalue weighted by Gasteiger charge is -2.16. The third kappa shape index (κ3) is 4.31. The van der Waals surface area contributed by atoms with Gasteiger partial charge in [0.25, 0.3) is 11.8 Å². The number of rotatable bonds is 7. The second kappa shape index (κ2) is 8.96. The summed E-state index contributed by atoms with van der Waals surface area (Å²) in [7, 11) is 1.42. The Kier molecular flexibility index (Phi) is 5.91. The number of amides is 3. The maximum atomic E-state index is 12.8. The number of fused-ring (bicyclic) bond motifs is 1. The summed E-state index contributed by atoms with van der Waals surface area (Å²) in [4.78, 5) is 50.5. The zero-order chi connectivity index (χ0) is 23.5. The van der Waals surface area contributed by atoms with E-state index in [-0.39, 0.29) is 36.3 Å². The Labute approximate surface area is 189 Å². The Morgan fingerprint density at radius 3 is 2.21 bits per heavy atom. The van der Waals surface area contributed by atoms with Crippen LogP contribution in [0.4, 0.5) is 0 Å². The minimum Gasteiger partial charge on any atom is -0.496 e. The molecule has 0 atom stereocenters. The van der Waals surface area contributed by atoms with Gasteiger partial charge in [-0.15, -0.1) is 0 Å². The number of benzene rings is 3. The lowest BCUT2D eigenvalue weighted by Crippen LogP contribution is -2.29. The number of carbonyl (C=O) groups excluding carboxylic acids is 4. The molecule has 0 fully saturated rings. The molecule has 1 aliphatic rings. The van der Waals surface area contributed by atoms with Crippen LogP contribution in [0.2, 0.25) is 0 Å². The number of ether oxygens (including phenoxy) is 2. The summed E-state index contributed by atoms with van der Waals surface area (Å²) in [6, 6.07) is 17.9. The van der Waals surface area contributed by atoms with Crippen LogP contribution in [0.5, 0.6) is 5.75 Å². The van der Waals surface area contributed by atoms with Gasteiger partial charge < -0.3 is 15.2 Å². The predicted octanol–water partition coefficient (Wildman–Crippen LogP) is 2.95. The fourth-order valence-corrected chi connectivity index (χ4v) is 3.62. The van der Waals surface area contributed by atoms with Crippen LogP contribution in [0, 0.1) is 0 Å². The Morgan fingerprint density at radius 1 is 0.879 bits per heavy atom. The molecule has 2 N–H and O–H groups in total. The molecule has 33 heavy (non-hydrogen) atoms. The molecule has 0 aromatic heterocycles. The van der Waals surface area contributed by atoms with Crippen molar-refractivity contribution in [1.29, 1.82) is 0 Å². The molecule has 1 heterocycles. The molecular weight excluding hydrogens is 424 g/mol. The van der Waals surface area contributed by atoms with Gasteiger partial charge in [0.05, 0.1) is 24.8 Å². The average Bonchev–Trinajstić information content (AvgIpc) is 3.07. The zero-order valence-corrected chi connectivity index (χ0v) is 17.7. The summed E-state index contributed by atoms with van der Waals surface area (Å²) >= 11 is 0. The number of carbonyl (C=O) groups is 4. The minimum absolute atomic E-state index is 0.00270. The first-order chi connectivity index (χ1) is 15.9. The van der Waals surface area contributed by atoms with E-state index >= 15 is 0 Å². The highest BCUT2D eigenvalue weighted by Gasteiger charge is 2.35. The molecule has 8 nitrogen and oxygen atoms in total. The third-order valence-corrected chi connectivity index (χ3v) is 5.28. The van der Waals surface area contributed by atoms with Crippen molar-refractivity contribution in [1.82, 2.24) is 4.90 Å². The molecule has 0 spiro atoms. The topological polar surface area (TPSA) is 116 Å². The van der Waals surface area contributed by atoms with Gasteiger partial charge in [-0.2, -0.15) is 0 Å². The molecule has 0 unspecified atom stereocenters. The van der Waals surface area contributed by atoms with Crippen molar-refractivity contribution in [2.75, 3.05) is 7.11 Å². The van der Waals surface area contributed by atoms with Crippen LogP contribution in [0.25, 0.3) is 0 Å². The summed E-state index contributed by atoms with van der Waals surface area (Å²) in [6.07, 6.45) is 0. The van der Waals surface area contributed by atoms with Crippen molar-refractivity contribution in [3.63, 3.8) is 0 Å². The van der Waals surface area contributed by atoms with Gasteiger partial charge in [0, 0.05) is 5.56 Å². The monoisotopic (exact) mass is 444 g/mol. The van der Waals surface area contributed by atoms with Gasteiger partial charge in [0.15, 0.2) is 0 Å². The number of hydrogen-bond acceptors (Lipinski definition) is 6. The summed E-state index contributed by atoms with van der Waals surface area (Å²) in [5, 5.41) is 0. The molecule has 3 aromatic rings. The third-order valence-electron chi connectivity index (χ3n) is 5.28. The minimum atomic E-state index is -0.652. The van der Waals surface area contributed by atoms with Gasteiger partial charge in [-0.05, 0) is 47.5 Å². The molecule has 4 rings (SSSR count). The van der Waals surface area contributed by atoms with Gasteiger partial charge in [-0.25, -0.2) is 4.79 Å². The first kappa shape index (κ1) is 21.8. The van der Waals surface area contributed by atoms with Gasteiger partial charge >= 0.3 is 5.97 Å². The molecule has 1 aliphatic heterocycles. The maximum Gasteiger partial charge on any atom is 0.342 e. The molecule has 0 saturated carbocycles. The number of nitrogens with zero attached hydrogens (tertiary/aromatic N) is 1. The summed E-state index contributed by atoms with van der Waals surface area (Å²) < 4.78 is 10.7. The van der Waals surface area contributed by atoms with E-state index in [4.69, 9.17) is 15.2 Å². The Balaban J connectivity index is 1.52. The smallest absolute Gasteiger partial charge is 0.342 e. The highest BCUT2D eigenvalue weighted by molar-refractivity contribution is 6.21. The predicted molar refractivity (Wildman–Crippen MR) is 118 cm³/mol. The normalized spacial score (nSPS) is 12.5. The second-order valence-electron chi connectivity index (χ2n) is 7.42. The summed E-state index contributed by atoms with van der Waals surface area (Å²) in [5.74, 6) is -1.71. The van der Waals surface area contributed by atoms with Crippen LogP contribution in [0.1, 0.15) is 52.6 Å². The molecule has 0 saturated heterocycles. The van der Waals surface area contributed by atoms with Crippen molar-refractivity contribution in [3.05, 3.63) is 100 Å². The van der Waals surface area contributed by atoms with Crippen molar-refractivity contribution < 1.29 is 28.7 Å². The SMILES string of the molecule is COc1ccc(CN2C(=O)c3ccccc3C2=O)cc1C(=O)OCc1cccc(C(N)=O)c1. The van der Waals surface area contributed by atoms with Crippen molar-refractivity contribution in [2.24, 2.45) is 5.73 Å². The van der Waals surface area contributed by atoms with E-state index in [0.29, 0.717) is 27.8 Å². The fraction of sp³-hybridized carbons (Fsp3) is 0.120. The lowest BCUT2D eigenvalue weighted by atomic mass is 10.1. The first-order valence-corrected chi connectivity index (χ1v) is 10.1. The fourth-order valence-electron chi connectivity index (χ4n) is 3.62. The van der Waals surface area contributed by atoms with Crippen LogP contribution < -0.4 is 10.5 Å². The number of primary amides is 1. The van der Waals surface area contributed by atoms with E-state index < -0.39 is 11.9 Å². The lowest BCUT2D eigenvalue weighted by molar-refractivity contribution is 0.0468. The summed E-state index contributed by atoms with van der Waals surface area (Å²) in [5.41, 5.74) is 7.62. The average molecular weight is 444 g/mol. The van der Waals surface area contributed by atoms with Gasteiger partial charge in [0.2, 0.25) is 5.91 Å². The molecule has 0 radical (unpaired) electrons. The van der Waals surface area contributed by atoms with Crippen molar-refractivity contribution in [3.8, 4) is 5.75 Å². The number of imide groups is 1. The van der Waals surface area contributed by atoms with E-state index in [1.807, 2.05) is 0 Å². The molecule has 166 valence electrons. The van der Waals surface area contributed by atoms with Crippen molar-refractivity contribution in [2.45, 2.75) is 13.2 Å². The standard InChI is InChI=1S/C25H20N2O6/c1-32-21-10-9-15(13-27-23(29)18-7-2-3-8-19(18)24(27)30)12-20(21)25(31)33-14-16-5-4-6-17(11-16)22(26)28/h2-12H,13-14H2,1H3,(H2,26,28). The summed E-state index contributed by atoms with van der Waals surface area (Å²) in [6.45, 7) is -0.0803. The maximum absolute atomic E-state index is 12.8. The molecular formula is C25H20N2O6. The highest BCUT2D eigenvalue weighted by Crippen LogP contribution is 2.27. The molecule has 3 aromatic carbocycles. The Bertz CT molecular complexity index is 1250. The molecule has 0 bridgehead atoms. The quantitative estimate of drug-likeness (QED) is 0.442. The van der Waals surface area contributed by atoms with Crippen molar-refractivity contribution >= 4 is 23.7 Å². The number of esters is 1. The van der Waals surface area contributed by atoms with Gasteiger partial charge in [-0.1, -0.05) is 30.3 Å². The zero-order valence-electron chi connectivity index (χ0n) is 17.7. The molecule has 3 amide bonds. The Hall–Kier alpha value is -4.46.